The van der Waals surface area contributed by atoms with Crippen LogP contribution in [-0.2, 0) is 25.9 Å². The van der Waals surface area contributed by atoms with Gasteiger partial charge >= 0.3 is 0 Å². The highest BCUT2D eigenvalue weighted by Gasteiger charge is 2.16. The molecule has 0 fully saturated rings. The van der Waals surface area contributed by atoms with Gasteiger partial charge in [0.05, 0.1) is 13.1 Å². The molecule has 1 aromatic carbocycles. The molecule has 1 heterocycles. The molecule has 2 heteroatoms. The maximum atomic E-state index is 2.60. The molecule has 2 aromatic rings. The van der Waals surface area contributed by atoms with E-state index in [4.69, 9.17) is 0 Å². The summed E-state index contributed by atoms with van der Waals surface area (Å²) in [6.07, 6.45) is 39.6. The molecule has 228 valence electrons. The summed E-state index contributed by atoms with van der Waals surface area (Å²) in [5, 5.41) is 0. The van der Waals surface area contributed by atoms with Crippen molar-refractivity contribution in [1.29, 1.82) is 0 Å². The lowest BCUT2D eigenvalue weighted by Crippen LogP contribution is -2.37. The molecule has 0 spiro atoms. The second-order valence-electron chi connectivity index (χ2n) is 12.5. The lowest BCUT2D eigenvalue weighted by molar-refractivity contribution is -0.704. The van der Waals surface area contributed by atoms with E-state index in [2.05, 4.69) is 65.7 Å². The van der Waals surface area contributed by atoms with E-state index in [-0.39, 0.29) is 0 Å². The van der Waals surface area contributed by atoms with Crippen molar-refractivity contribution in [2.24, 2.45) is 0 Å². The normalized spacial score (nSPS) is 11.4. The Kier molecular flexibility index (Phi) is 21.8. The van der Waals surface area contributed by atoms with Gasteiger partial charge in [-0.1, -0.05) is 166 Å². The number of aromatic nitrogens is 2. The SMILES string of the molecule is CCCCCCCCCCCCCCCc1n(CCCCCCCCCCC)cc[n+]1CCCc1ccccc1. The van der Waals surface area contributed by atoms with Gasteiger partial charge in [0.2, 0.25) is 0 Å². The van der Waals surface area contributed by atoms with E-state index in [9.17, 15) is 0 Å². The maximum absolute atomic E-state index is 2.60. The van der Waals surface area contributed by atoms with Crippen LogP contribution in [0.2, 0.25) is 0 Å². The molecule has 0 saturated carbocycles. The van der Waals surface area contributed by atoms with Crippen molar-refractivity contribution >= 4 is 0 Å². The Morgan fingerprint density at radius 3 is 1.50 bits per heavy atom. The molecule has 0 aliphatic rings. The van der Waals surface area contributed by atoms with Crippen LogP contribution in [0.4, 0.5) is 0 Å². The summed E-state index contributed by atoms with van der Waals surface area (Å²) in [6.45, 7) is 6.96. The van der Waals surface area contributed by atoms with Gasteiger partial charge in [-0.25, -0.2) is 9.13 Å². The summed E-state index contributed by atoms with van der Waals surface area (Å²) in [5.74, 6) is 1.58. The third-order valence-corrected chi connectivity index (χ3v) is 8.80. The Morgan fingerprint density at radius 2 is 0.975 bits per heavy atom. The van der Waals surface area contributed by atoms with Gasteiger partial charge in [-0.2, -0.15) is 0 Å². The first-order chi connectivity index (χ1) is 19.8. The van der Waals surface area contributed by atoms with Gasteiger partial charge in [0, 0.05) is 6.42 Å². The predicted molar refractivity (Wildman–Crippen MR) is 176 cm³/mol. The third-order valence-electron chi connectivity index (χ3n) is 8.80. The van der Waals surface area contributed by atoms with Crippen LogP contribution in [0.3, 0.4) is 0 Å². The maximum Gasteiger partial charge on any atom is 0.256 e. The number of benzene rings is 1. The average Bonchev–Trinajstić information content (AvgIpc) is 3.36. The van der Waals surface area contributed by atoms with Gasteiger partial charge in [-0.3, -0.25) is 0 Å². The van der Waals surface area contributed by atoms with Crippen LogP contribution in [-0.4, -0.2) is 4.57 Å². The second kappa shape index (κ2) is 25.2. The largest absolute Gasteiger partial charge is 0.256 e. The van der Waals surface area contributed by atoms with Gasteiger partial charge in [0.25, 0.3) is 5.82 Å². The van der Waals surface area contributed by atoms with Crippen LogP contribution in [0.15, 0.2) is 42.7 Å². The molecule has 0 unspecified atom stereocenters. The Morgan fingerprint density at radius 1 is 0.500 bits per heavy atom. The lowest BCUT2D eigenvalue weighted by atomic mass is 10.0. The van der Waals surface area contributed by atoms with Crippen molar-refractivity contribution in [3.63, 3.8) is 0 Å². The standard InChI is InChI=1S/C38H67N2/c1-3-5-7-9-11-13-14-15-16-17-19-21-26-32-38-39(33-27-22-20-18-12-10-8-6-4-2)35-36-40(38)34-28-31-37-29-24-23-25-30-37/h23-25,29-30,35-36H,3-22,26-28,31-34H2,1-2H3/q+1. The summed E-state index contributed by atoms with van der Waals surface area (Å²) in [7, 11) is 0. The number of hydrogen-bond donors (Lipinski definition) is 0. The second-order valence-corrected chi connectivity index (χ2v) is 12.5. The third kappa shape index (κ3) is 17.3. The van der Waals surface area contributed by atoms with Crippen molar-refractivity contribution < 1.29 is 4.57 Å². The van der Waals surface area contributed by atoms with E-state index in [1.165, 1.54) is 173 Å². The fourth-order valence-corrected chi connectivity index (χ4v) is 6.18. The van der Waals surface area contributed by atoms with Crippen LogP contribution in [0, 0.1) is 0 Å². The molecule has 0 saturated heterocycles. The van der Waals surface area contributed by atoms with Gasteiger partial charge < -0.3 is 0 Å². The van der Waals surface area contributed by atoms with E-state index in [0.717, 1.165) is 6.54 Å². The minimum absolute atomic E-state index is 1.15. The van der Waals surface area contributed by atoms with Crippen LogP contribution in [0.25, 0.3) is 0 Å². The molecule has 0 atom stereocenters. The average molecular weight is 552 g/mol. The minimum Gasteiger partial charge on any atom is -0.234 e. The molecule has 0 bridgehead atoms. The topological polar surface area (TPSA) is 8.81 Å². The van der Waals surface area contributed by atoms with E-state index in [1.807, 2.05) is 0 Å². The fraction of sp³-hybridized carbons (Fsp3) is 0.763. The molecular weight excluding hydrogens is 484 g/mol. The van der Waals surface area contributed by atoms with Crippen molar-refractivity contribution in [2.75, 3.05) is 0 Å². The Labute approximate surface area is 250 Å². The predicted octanol–water partition coefficient (Wildman–Crippen LogP) is 11.6. The number of imidazole rings is 1. The summed E-state index contributed by atoms with van der Waals surface area (Å²) in [4.78, 5) is 0. The monoisotopic (exact) mass is 552 g/mol. The molecular formula is C38H67N2+. The number of aryl methyl sites for hydroxylation is 3. The molecule has 0 aliphatic heterocycles. The molecule has 0 aliphatic carbocycles. The summed E-state index contributed by atoms with van der Waals surface area (Å²) in [6, 6.07) is 11.0. The molecule has 0 N–H and O–H groups in total. The van der Waals surface area contributed by atoms with Crippen LogP contribution in [0.5, 0.6) is 0 Å². The number of rotatable bonds is 28. The molecule has 1 aromatic heterocycles. The molecule has 2 nitrogen and oxygen atoms in total. The number of nitrogens with zero attached hydrogens (tertiary/aromatic N) is 2. The fourth-order valence-electron chi connectivity index (χ4n) is 6.18. The van der Waals surface area contributed by atoms with E-state index in [1.54, 1.807) is 5.82 Å². The highest BCUT2D eigenvalue weighted by molar-refractivity contribution is 5.14. The first kappa shape index (κ1) is 34.6. The lowest BCUT2D eigenvalue weighted by Gasteiger charge is -2.07. The number of unbranched alkanes of at least 4 members (excludes halogenated alkanes) is 20. The van der Waals surface area contributed by atoms with Crippen molar-refractivity contribution in [3.05, 3.63) is 54.1 Å². The van der Waals surface area contributed by atoms with E-state index >= 15 is 0 Å². The quantitative estimate of drug-likeness (QED) is 0.0734. The highest BCUT2D eigenvalue weighted by Crippen LogP contribution is 2.15. The zero-order valence-electron chi connectivity index (χ0n) is 27.0. The van der Waals surface area contributed by atoms with Crippen molar-refractivity contribution in [1.82, 2.24) is 4.57 Å². The Bertz CT molecular complexity index is 793. The van der Waals surface area contributed by atoms with Crippen LogP contribution < -0.4 is 4.57 Å². The van der Waals surface area contributed by atoms with Gasteiger partial charge in [0.1, 0.15) is 12.4 Å². The summed E-state index contributed by atoms with van der Waals surface area (Å²) < 4.78 is 5.18. The minimum atomic E-state index is 1.15. The zero-order valence-corrected chi connectivity index (χ0v) is 27.0. The number of hydrogen-bond acceptors (Lipinski definition) is 0. The first-order valence-corrected chi connectivity index (χ1v) is 18.0. The summed E-state index contributed by atoms with van der Waals surface area (Å²) in [5.41, 5.74) is 1.47. The van der Waals surface area contributed by atoms with Gasteiger partial charge in [-0.15, -0.1) is 0 Å². The van der Waals surface area contributed by atoms with E-state index < -0.39 is 0 Å². The Balaban J connectivity index is 1.66. The Hall–Kier alpha value is -1.57. The molecule has 0 radical (unpaired) electrons. The van der Waals surface area contributed by atoms with E-state index in [0.29, 0.717) is 0 Å². The molecule has 0 amide bonds. The van der Waals surface area contributed by atoms with Crippen LogP contribution in [0.1, 0.15) is 173 Å². The molecule has 2 rings (SSSR count). The van der Waals surface area contributed by atoms with Crippen molar-refractivity contribution in [2.45, 2.75) is 187 Å². The van der Waals surface area contributed by atoms with Gasteiger partial charge in [-0.05, 0) is 37.7 Å². The first-order valence-electron chi connectivity index (χ1n) is 18.0. The van der Waals surface area contributed by atoms with Crippen molar-refractivity contribution in [3.8, 4) is 0 Å². The highest BCUT2D eigenvalue weighted by atomic mass is 15.1. The molecule has 40 heavy (non-hydrogen) atoms. The van der Waals surface area contributed by atoms with Crippen LogP contribution >= 0.6 is 0 Å². The smallest absolute Gasteiger partial charge is 0.234 e. The summed E-state index contributed by atoms with van der Waals surface area (Å²) >= 11 is 0. The zero-order chi connectivity index (χ0) is 28.4. The van der Waals surface area contributed by atoms with Gasteiger partial charge in [0.15, 0.2) is 0 Å².